The van der Waals surface area contributed by atoms with Crippen molar-refractivity contribution in [3.63, 3.8) is 0 Å². The maximum absolute atomic E-state index is 10.6. The smallest absolute Gasteiger partial charge is 0.322 e. The van der Waals surface area contributed by atoms with Gasteiger partial charge in [-0.2, -0.15) is 0 Å². The molecule has 0 fully saturated rings. The fourth-order valence-electron chi connectivity index (χ4n) is 0.889. The predicted octanol–water partition coefficient (Wildman–Crippen LogP) is -0.360. The van der Waals surface area contributed by atoms with Gasteiger partial charge in [-0.05, 0) is 0 Å². The van der Waals surface area contributed by atoms with Crippen molar-refractivity contribution in [2.24, 2.45) is 5.41 Å². The number of terminal acetylenes is 1. The van der Waals surface area contributed by atoms with Crippen molar-refractivity contribution in [3.8, 4) is 12.3 Å². The Balaban J connectivity index is 5.17. The second-order valence-electron chi connectivity index (χ2n) is 2.64. The first-order valence-corrected chi connectivity index (χ1v) is 3.49. The Bertz CT molecular complexity index is 296. The average molecular weight is 200 g/mol. The number of carboxylic acids is 3. The van der Waals surface area contributed by atoms with Crippen LogP contribution in [0.1, 0.15) is 12.8 Å². The van der Waals surface area contributed by atoms with Crippen molar-refractivity contribution in [2.45, 2.75) is 12.8 Å². The molecule has 0 aliphatic heterocycles. The van der Waals surface area contributed by atoms with Crippen molar-refractivity contribution >= 4 is 17.9 Å². The van der Waals surface area contributed by atoms with Crippen LogP contribution < -0.4 is 0 Å². The second-order valence-corrected chi connectivity index (χ2v) is 2.64. The molecule has 0 aromatic heterocycles. The number of rotatable bonds is 5. The molecule has 0 aliphatic rings. The minimum Gasteiger partial charge on any atom is -0.481 e. The van der Waals surface area contributed by atoms with Crippen LogP contribution in [0.3, 0.4) is 0 Å². The summed E-state index contributed by atoms with van der Waals surface area (Å²) in [5.41, 5.74) is -2.43. The van der Waals surface area contributed by atoms with E-state index in [9.17, 15) is 14.4 Å². The van der Waals surface area contributed by atoms with Crippen LogP contribution in [0.5, 0.6) is 0 Å². The van der Waals surface area contributed by atoms with E-state index in [1.165, 1.54) is 0 Å². The lowest BCUT2D eigenvalue weighted by Gasteiger charge is -2.19. The van der Waals surface area contributed by atoms with E-state index in [0.29, 0.717) is 0 Å². The molecule has 14 heavy (non-hydrogen) atoms. The number of carbonyl (C=O) groups is 3. The average Bonchev–Trinajstić information content (AvgIpc) is 2.01. The van der Waals surface area contributed by atoms with E-state index in [4.69, 9.17) is 21.7 Å². The van der Waals surface area contributed by atoms with Gasteiger partial charge in [-0.25, -0.2) is 0 Å². The first-order valence-electron chi connectivity index (χ1n) is 3.49. The van der Waals surface area contributed by atoms with Crippen LogP contribution in [0, 0.1) is 17.8 Å². The number of aliphatic carboxylic acids is 3. The third-order valence-electron chi connectivity index (χ3n) is 1.68. The Hall–Kier alpha value is -2.03. The highest BCUT2D eigenvalue weighted by Crippen LogP contribution is 2.27. The fourth-order valence-corrected chi connectivity index (χ4v) is 0.889. The zero-order chi connectivity index (χ0) is 11.4. The Morgan fingerprint density at radius 3 is 1.79 bits per heavy atom. The first kappa shape index (κ1) is 12.0. The standard InChI is InChI=1S/C8H8O6/c1-2-3-8(6(11)12,7(13)14)4-5(9)10/h1H,3-4H2,(H,9,10)(H,11,12)(H,13,14). The summed E-state index contributed by atoms with van der Waals surface area (Å²) in [6.07, 6.45) is 3.09. The van der Waals surface area contributed by atoms with E-state index < -0.39 is 36.2 Å². The molecule has 6 heteroatoms. The summed E-state index contributed by atoms with van der Waals surface area (Å²) >= 11 is 0. The number of hydrogen-bond acceptors (Lipinski definition) is 3. The van der Waals surface area contributed by atoms with Crippen molar-refractivity contribution in [1.29, 1.82) is 0 Å². The molecule has 0 saturated heterocycles. The second kappa shape index (κ2) is 4.28. The molecule has 0 atom stereocenters. The Labute approximate surface area is 79.2 Å². The molecule has 0 aromatic rings. The summed E-state index contributed by atoms with van der Waals surface area (Å²) in [5, 5.41) is 25.6. The molecule has 0 aromatic carbocycles. The molecule has 0 rings (SSSR count). The maximum Gasteiger partial charge on any atom is 0.322 e. The van der Waals surface area contributed by atoms with Crippen molar-refractivity contribution in [2.75, 3.05) is 0 Å². The van der Waals surface area contributed by atoms with Gasteiger partial charge in [0.05, 0.1) is 6.42 Å². The molecule has 0 spiro atoms. The van der Waals surface area contributed by atoms with Crippen molar-refractivity contribution in [3.05, 3.63) is 0 Å². The van der Waals surface area contributed by atoms with Gasteiger partial charge >= 0.3 is 17.9 Å². The third kappa shape index (κ3) is 2.23. The minimum absolute atomic E-state index is 0.663. The quantitative estimate of drug-likeness (QED) is 0.412. The van der Waals surface area contributed by atoms with E-state index in [1.54, 1.807) is 0 Å². The van der Waals surface area contributed by atoms with E-state index in [-0.39, 0.29) is 0 Å². The van der Waals surface area contributed by atoms with Crippen LogP contribution in [-0.2, 0) is 14.4 Å². The highest BCUT2D eigenvalue weighted by molar-refractivity contribution is 6.01. The van der Waals surface area contributed by atoms with Crippen LogP contribution in [0.4, 0.5) is 0 Å². The summed E-state index contributed by atoms with van der Waals surface area (Å²) in [5.74, 6) is -3.16. The van der Waals surface area contributed by atoms with Gasteiger partial charge in [-0.15, -0.1) is 12.3 Å². The van der Waals surface area contributed by atoms with Crippen LogP contribution in [0.25, 0.3) is 0 Å². The van der Waals surface area contributed by atoms with E-state index in [1.807, 2.05) is 5.92 Å². The molecular formula is C8H8O6. The van der Waals surface area contributed by atoms with Gasteiger partial charge in [0.2, 0.25) is 0 Å². The number of carboxylic acid groups (broad SMARTS) is 3. The molecule has 76 valence electrons. The third-order valence-corrected chi connectivity index (χ3v) is 1.68. The highest BCUT2D eigenvalue weighted by atomic mass is 16.4. The molecule has 0 saturated carbocycles. The summed E-state index contributed by atoms with van der Waals surface area (Å²) in [6.45, 7) is 0. The molecule has 0 aliphatic carbocycles. The molecule has 0 unspecified atom stereocenters. The Kier molecular flexibility index (Phi) is 3.66. The summed E-state index contributed by atoms with van der Waals surface area (Å²) < 4.78 is 0. The first-order chi connectivity index (χ1) is 6.36. The molecule has 0 heterocycles. The minimum atomic E-state index is -2.43. The normalized spacial score (nSPS) is 10.2. The van der Waals surface area contributed by atoms with Gasteiger partial charge in [0.1, 0.15) is 0 Å². The van der Waals surface area contributed by atoms with Crippen LogP contribution in [0.2, 0.25) is 0 Å². The SMILES string of the molecule is C#CCC(CC(=O)O)(C(=O)O)C(=O)O. The monoisotopic (exact) mass is 200 g/mol. The van der Waals surface area contributed by atoms with Gasteiger partial charge in [-0.3, -0.25) is 14.4 Å². The summed E-state index contributed by atoms with van der Waals surface area (Å²) in [7, 11) is 0. The highest BCUT2D eigenvalue weighted by Gasteiger charge is 2.48. The lowest BCUT2D eigenvalue weighted by atomic mass is 9.81. The molecule has 6 nitrogen and oxygen atoms in total. The zero-order valence-corrected chi connectivity index (χ0v) is 7.06. The van der Waals surface area contributed by atoms with Crippen LogP contribution in [-0.4, -0.2) is 33.2 Å². The molecular weight excluding hydrogens is 192 g/mol. The van der Waals surface area contributed by atoms with E-state index in [0.717, 1.165) is 0 Å². The lowest BCUT2D eigenvalue weighted by Crippen LogP contribution is -2.41. The van der Waals surface area contributed by atoms with Gasteiger partial charge in [0.15, 0.2) is 5.41 Å². The van der Waals surface area contributed by atoms with Gasteiger partial charge in [0.25, 0.3) is 0 Å². The number of hydrogen-bond donors (Lipinski definition) is 3. The maximum atomic E-state index is 10.6. The van der Waals surface area contributed by atoms with Crippen molar-refractivity contribution in [1.82, 2.24) is 0 Å². The summed E-state index contributed by atoms with van der Waals surface area (Å²) in [4.78, 5) is 31.6. The lowest BCUT2D eigenvalue weighted by molar-refractivity contribution is -0.169. The predicted molar refractivity (Wildman–Crippen MR) is 43.4 cm³/mol. The largest absolute Gasteiger partial charge is 0.481 e. The van der Waals surface area contributed by atoms with Crippen LogP contribution in [0.15, 0.2) is 0 Å². The molecule has 0 bridgehead atoms. The Morgan fingerprint density at radius 1 is 1.14 bits per heavy atom. The summed E-state index contributed by atoms with van der Waals surface area (Å²) in [6, 6.07) is 0. The topological polar surface area (TPSA) is 112 Å². The molecule has 0 amide bonds. The van der Waals surface area contributed by atoms with E-state index >= 15 is 0 Å². The fraction of sp³-hybridized carbons (Fsp3) is 0.375. The molecule has 3 N–H and O–H groups in total. The van der Waals surface area contributed by atoms with Crippen LogP contribution >= 0.6 is 0 Å². The van der Waals surface area contributed by atoms with Gasteiger partial charge in [-0.1, -0.05) is 0 Å². The Morgan fingerprint density at radius 2 is 1.57 bits per heavy atom. The van der Waals surface area contributed by atoms with Gasteiger partial charge < -0.3 is 15.3 Å². The van der Waals surface area contributed by atoms with E-state index in [2.05, 4.69) is 0 Å². The van der Waals surface area contributed by atoms with Gasteiger partial charge in [0, 0.05) is 6.42 Å². The zero-order valence-electron chi connectivity index (χ0n) is 7.06. The molecule has 0 radical (unpaired) electrons. The van der Waals surface area contributed by atoms with Crippen molar-refractivity contribution < 1.29 is 29.7 Å².